The van der Waals surface area contributed by atoms with Gasteiger partial charge in [-0.05, 0) is 32.1 Å². The first-order valence-corrected chi connectivity index (χ1v) is 24.9. The smallest absolute Gasteiger partial charge is 0.234 e. The number of rotatable bonds is 44. The van der Waals surface area contributed by atoms with E-state index in [1.54, 1.807) is 5.82 Å². The first-order valence-electron chi connectivity index (χ1n) is 24.9. The number of nitrogens with zero attached hydrogens (tertiary/aromatic N) is 2. The number of aryl methyl sites for hydroxylation is 2. The van der Waals surface area contributed by atoms with Gasteiger partial charge >= 0.3 is 0 Å². The summed E-state index contributed by atoms with van der Waals surface area (Å²) in [5, 5.41) is 0. The highest BCUT2D eigenvalue weighted by Crippen LogP contribution is 2.17. The zero-order valence-corrected chi connectivity index (χ0v) is 36.7. The van der Waals surface area contributed by atoms with Crippen molar-refractivity contribution in [1.82, 2.24) is 4.57 Å². The van der Waals surface area contributed by atoms with E-state index in [9.17, 15) is 0 Å². The van der Waals surface area contributed by atoms with Crippen molar-refractivity contribution in [3.63, 3.8) is 0 Å². The third-order valence-electron chi connectivity index (χ3n) is 12.1. The van der Waals surface area contributed by atoms with E-state index in [1.165, 1.54) is 283 Å². The molecule has 308 valence electrons. The van der Waals surface area contributed by atoms with Crippen LogP contribution < -0.4 is 4.57 Å². The molecule has 0 aliphatic carbocycles. The van der Waals surface area contributed by atoms with Crippen molar-refractivity contribution in [2.45, 2.75) is 304 Å². The number of imidazole rings is 1. The summed E-state index contributed by atoms with van der Waals surface area (Å²) in [7, 11) is 0. The van der Waals surface area contributed by atoms with Crippen LogP contribution in [-0.2, 0) is 19.5 Å². The summed E-state index contributed by atoms with van der Waals surface area (Å²) in [5.41, 5.74) is 0. The molecule has 2 nitrogen and oxygen atoms in total. The highest BCUT2D eigenvalue weighted by molar-refractivity contribution is 4.84. The lowest BCUT2D eigenvalue weighted by atomic mass is 10.0. The monoisotopic (exact) mass is 728 g/mol. The number of hydrogen-bond donors (Lipinski definition) is 0. The Morgan fingerprint density at radius 2 is 0.596 bits per heavy atom. The standard InChI is InChI=1S/C50H99N2/c1-4-7-10-13-16-19-22-25-28-31-34-37-40-43-46-51-48-49-52(47-44-41-38-35-32-29-26-23-20-17-14-11-8-5-2)50(51)45-42-39-36-33-30-27-24-21-18-15-12-9-6-3/h48-49H,4-47H2,1-3H3/q+1. The SMILES string of the molecule is CCCCCCCCCCCCCCCCn1cc[n+](CCCCCCCCCCCCCCCC)c1CCCCCCCCCCCCCCC. The van der Waals surface area contributed by atoms with Crippen LogP contribution >= 0.6 is 0 Å². The molecule has 0 N–H and O–H groups in total. The summed E-state index contributed by atoms with van der Waals surface area (Å²) < 4.78 is 5.32. The Bertz CT molecular complexity index is 747. The zero-order chi connectivity index (χ0) is 37.3. The molecule has 2 heteroatoms. The quantitative estimate of drug-likeness (QED) is 0.0467. The van der Waals surface area contributed by atoms with Crippen LogP contribution in [0.1, 0.15) is 290 Å². The van der Waals surface area contributed by atoms with Crippen LogP contribution in [0.2, 0.25) is 0 Å². The van der Waals surface area contributed by atoms with Gasteiger partial charge in [0.1, 0.15) is 12.4 Å². The molecule has 0 saturated carbocycles. The van der Waals surface area contributed by atoms with Crippen molar-refractivity contribution in [1.29, 1.82) is 0 Å². The molecule has 0 bridgehead atoms. The summed E-state index contributed by atoms with van der Waals surface area (Å²) in [6.45, 7) is 9.42. The number of aromatic nitrogens is 2. The van der Waals surface area contributed by atoms with Crippen molar-refractivity contribution in [3.05, 3.63) is 18.2 Å². The fourth-order valence-corrected chi connectivity index (χ4v) is 8.45. The summed E-state index contributed by atoms with van der Waals surface area (Å²) >= 11 is 0. The van der Waals surface area contributed by atoms with E-state index < -0.39 is 0 Å². The van der Waals surface area contributed by atoms with Crippen LogP contribution in [0.4, 0.5) is 0 Å². The van der Waals surface area contributed by atoms with Gasteiger partial charge in [0.05, 0.1) is 13.1 Å². The molecule has 0 aromatic carbocycles. The summed E-state index contributed by atoms with van der Waals surface area (Å²) in [6, 6.07) is 0. The lowest BCUT2D eigenvalue weighted by Gasteiger charge is -2.07. The van der Waals surface area contributed by atoms with Gasteiger partial charge < -0.3 is 0 Å². The Hall–Kier alpha value is -0.790. The van der Waals surface area contributed by atoms with E-state index >= 15 is 0 Å². The minimum Gasteiger partial charge on any atom is -0.234 e. The van der Waals surface area contributed by atoms with Gasteiger partial charge in [0, 0.05) is 6.42 Å². The van der Waals surface area contributed by atoms with Gasteiger partial charge in [0.25, 0.3) is 5.82 Å². The maximum Gasteiger partial charge on any atom is 0.256 e. The minimum absolute atomic E-state index is 1.23. The van der Waals surface area contributed by atoms with Gasteiger partial charge in [0.15, 0.2) is 0 Å². The Kier molecular flexibility index (Phi) is 39.2. The highest BCUT2D eigenvalue weighted by Gasteiger charge is 2.16. The van der Waals surface area contributed by atoms with Crippen LogP contribution in [0, 0.1) is 0 Å². The fraction of sp³-hybridized carbons (Fsp3) is 0.940. The van der Waals surface area contributed by atoms with Gasteiger partial charge in [-0.2, -0.15) is 0 Å². The molecule has 0 atom stereocenters. The van der Waals surface area contributed by atoms with Crippen LogP contribution in [0.5, 0.6) is 0 Å². The van der Waals surface area contributed by atoms with E-state index in [1.807, 2.05) is 0 Å². The second kappa shape index (κ2) is 41.4. The molecule has 0 amide bonds. The molecule has 0 saturated heterocycles. The predicted molar refractivity (Wildman–Crippen MR) is 235 cm³/mol. The largest absolute Gasteiger partial charge is 0.256 e. The molecule has 52 heavy (non-hydrogen) atoms. The number of unbranched alkanes of at least 4 members (excludes halogenated alkanes) is 38. The molecule has 0 radical (unpaired) electrons. The summed E-state index contributed by atoms with van der Waals surface area (Å²) in [5.74, 6) is 1.63. The van der Waals surface area contributed by atoms with Gasteiger partial charge in [0.2, 0.25) is 0 Å². The second-order valence-corrected chi connectivity index (χ2v) is 17.3. The normalized spacial score (nSPS) is 11.7. The molecule has 0 fully saturated rings. The molecule has 0 aliphatic rings. The van der Waals surface area contributed by atoms with Crippen molar-refractivity contribution < 1.29 is 4.57 Å². The molecule has 1 aromatic rings. The maximum atomic E-state index is 2.66. The molecule has 1 heterocycles. The predicted octanol–water partition coefficient (Wildman–Crippen LogP) is 17.4. The molecular formula is C50H99N2+. The Morgan fingerprint density at radius 3 is 0.923 bits per heavy atom. The molecular weight excluding hydrogens is 629 g/mol. The average Bonchev–Trinajstić information content (AvgIpc) is 3.54. The van der Waals surface area contributed by atoms with Crippen LogP contribution in [0.25, 0.3) is 0 Å². The third-order valence-corrected chi connectivity index (χ3v) is 12.1. The Labute approximate surface area is 329 Å². The van der Waals surface area contributed by atoms with Crippen LogP contribution in [0.3, 0.4) is 0 Å². The van der Waals surface area contributed by atoms with Gasteiger partial charge in [-0.3, -0.25) is 0 Å². The van der Waals surface area contributed by atoms with E-state index in [4.69, 9.17) is 0 Å². The molecule has 0 spiro atoms. The van der Waals surface area contributed by atoms with Crippen molar-refractivity contribution >= 4 is 0 Å². The molecule has 0 unspecified atom stereocenters. The van der Waals surface area contributed by atoms with E-state index in [0.717, 1.165) is 0 Å². The zero-order valence-electron chi connectivity index (χ0n) is 36.7. The van der Waals surface area contributed by atoms with E-state index in [0.29, 0.717) is 0 Å². The number of hydrogen-bond acceptors (Lipinski definition) is 0. The molecule has 1 aromatic heterocycles. The van der Waals surface area contributed by atoms with Crippen molar-refractivity contribution in [2.75, 3.05) is 0 Å². The summed E-state index contributed by atoms with van der Waals surface area (Å²) in [4.78, 5) is 0. The van der Waals surface area contributed by atoms with Crippen LogP contribution in [0.15, 0.2) is 12.4 Å². The summed E-state index contributed by atoms with van der Waals surface area (Å²) in [6.07, 6.45) is 65.3. The van der Waals surface area contributed by atoms with Crippen LogP contribution in [-0.4, -0.2) is 4.57 Å². The Morgan fingerprint density at radius 1 is 0.327 bits per heavy atom. The Balaban J connectivity index is 2.27. The maximum absolute atomic E-state index is 2.66. The fourth-order valence-electron chi connectivity index (χ4n) is 8.45. The van der Waals surface area contributed by atoms with Crippen molar-refractivity contribution in [3.8, 4) is 0 Å². The average molecular weight is 728 g/mol. The van der Waals surface area contributed by atoms with Gasteiger partial charge in [-0.15, -0.1) is 0 Å². The first-order chi connectivity index (χ1) is 25.8. The van der Waals surface area contributed by atoms with E-state index in [2.05, 4.69) is 42.3 Å². The lowest BCUT2D eigenvalue weighted by molar-refractivity contribution is -0.704. The highest BCUT2D eigenvalue weighted by atomic mass is 15.1. The second-order valence-electron chi connectivity index (χ2n) is 17.3. The van der Waals surface area contributed by atoms with Crippen molar-refractivity contribution in [2.24, 2.45) is 0 Å². The molecule has 0 aliphatic heterocycles. The van der Waals surface area contributed by atoms with E-state index in [-0.39, 0.29) is 0 Å². The topological polar surface area (TPSA) is 8.81 Å². The minimum atomic E-state index is 1.23. The third kappa shape index (κ3) is 32.6. The van der Waals surface area contributed by atoms with Gasteiger partial charge in [-0.1, -0.05) is 252 Å². The lowest BCUT2D eigenvalue weighted by Crippen LogP contribution is -2.37. The first kappa shape index (κ1) is 49.2. The molecule has 1 rings (SSSR count). The van der Waals surface area contributed by atoms with Gasteiger partial charge in [-0.25, -0.2) is 9.13 Å².